The van der Waals surface area contributed by atoms with E-state index in [2.05, 4.69) is 10.3 Å². The molecule has 0 bridgehead atoms. The quantitative estimate of drug-likeness (QED) is 0.886. The highest BCUT2D eigenvalue weighted by Crippen LogP contribution is 2.35. The Bertz CT molecular complexity index is 417. The van der Waals surface area contributed by atoms with Crippen molar-refractivity contribution in [1.82, 2.24) is 4.90 Å². The summed E-state index contributed by atoms with van der Waals surface area (Å²) >= 11 is 1.66. The van der Waals surface area contributed by atoms with Crippen LogP contribution in [0.4, 0.5) is 0 Å². The van der Waals surface area contributed by atoms with Gasteiger partial charge < -0.3 is 10.6 Å². The average Bonchev–Trinajstić information content (AvgIpc) is 2.96. The maximum absolute atomic E-state index is 12.2. The van der Waals surface area contributed by atoms with E-state index < -0.39 is 0 Å². The topological polar surface area (TPSA) is 46.3 Å². The van der Waals surface area contributed by atoms with Gasteiger partial charge in [-0.3, -0.25) is 4.79 Å². The zero-order chi connectivity index (χ0) is 12.5. The molecule has 1 amide bonds. The molecule has 1 saturated heterocycles. The van der Waals surface area contributed by atoms with Crippen molar-refractivity contribution in [2.45, 2.75) is 31.7 Å². The highest BCUT2D eigenvalue weighted by atomic mass is 32.1. The summed E-state index contributed by atoms with van der Waals surface area (Å²) in [5.74, 6) is 1.65. The van der Waals surface area contributed by atoms with Crippen LogP contribution in [0.1, 0.15) is 24.8 Å². The monoisotopic (exact) mass is 264 g/mol. The molecule has 3 rings (SSSR count). The van der Waals surface area contributed by atoms with Crippen molar-refractivity contribution in [3.8, 4) is 0 Å². The second kappa shape index (κ2) is 5.02. The zero-order valence-electron chi connectivity index (χ0n) is 10.5. The smallest absolute Gasteiger partial charge is 0.227 e. The summed E-state index contributed by atoms with van der Waals surface area (Å²) in [6.07, 6.45) is 4.00. The summed E-state index contributed by atoms with van der Waals surface area (Å²) in [7, 11) is 0. The largest absolute Gasteiger partial charge is 0.342 e. The summed E-state index contributed by atoms with van der Waals surface area (Å²) in [5.41, 5.74) is 7.17. The van der Waals surface area contributed by atoms with Crippen LogP contribution in [0.3, 0.4) is 0 Å². The first kappa shape index (κ1) is 12.2. The first-order chi connectivity index (χ1) is 8.72. The summed E-state index contributed by atoms with van der Waals surface area (Å²) in [5, 5.41) is 4.10. The zero-order valence-corrected chi connectivity index (χ0v) is 11.4. The normalized spacial score (nSPS) is 31.4. The number of thiophene rings is 1. The fourth-order valence-electron chi connectivity index (χ4n) is 3.35. The van der Waals surface area contributed by atoms with Gasteiger partial charge in [0, 0.05) is 19.1 Å². The van der Waals surface area contributed by atoms with Gasteiger partial charge in [-0.15, -0.1) is 0 Å². The molecule has 1 aliphatic heterocycles. The van der Waals surface area contributed by atoms with Gasteiger partial charge >= 0.3 is 0 Å². The van der Waals surface area contributed by atoms with E-state index in [9.17, 15) is 4.79 Å². The Kier molecular flexibility index (Phi) is 3.39. The van der Waals surface area contributed by atoms with Gasteiger partial charge in [0.15, 0.2) is 0 Å². The van der Waals surface area contributed by atoms with Crippen LogP contribution in [0.5, 0.6) is 0 Å². The number of hydrogen-bond donors (Lipinski definition) is 1. The summed E-state index contributed by atoms with van der Waals surface area (Å²) in [6.45, 7) is 1.89. The highest BCUT2D eigenvalue weighted by molar-refractivity contribution is 7.07. The Balaban J connectivity index is 1.59. The van der Waals surface area contributed by atoms with Crippen LogP contribution in [0.15, 0.2) is 16.8 Å². The summed E-state index contributed by atoms with van der Waals surface area (Å²) in [6, 6.07) is 2.40. The van der Waals surface area contributed by atoms with Crippen LogP contribution >= 0.6 is 11.3 Å². The molecule has 0 spiro atoms. The first-order valence-electron chi connectivity index (χ1n) is 6.77. The van der Waals surface area contributed by atoms with E-state index in [0.29, 0.717) is 24.3 Å². The molecule has 1 unspecified atom stereocenters. The Hall–Kier alpha value is -0.870. The van der Waals surface area contributed by atoms with E-state index in [-0.39, 0.29) is 5.91 Å². The third-order valence-corrected chi connectivity index (χ3v) is 5.11. The molecule has 0 radical (unpaired) electrons. The molecule has 0 aromatic carbocycles. The van der Waals surface area contributed by atoms with Gasteiger partial charge in [-0.1, -0.05) is 0 Å². The first-order valence-corrected chi connectivity index (χ1v) is 7.71. The fourth-order valence-corrected chi connectivity index (χ4v) is 4.02. The molecular weight excluding hydrogens is 244 g/mol. The standard InChI is InChI=1S/C14H20N2OS/c15-13-2-1-11-7-16(8-12(11)6-13)14(17)5-10-3-4-18-9-10/h3-4,9,11-13H,1-2,5-8,15H2/t11-,12+,13?/m1/s1. The van der Waals surface area contributed by atoms with E-state index >= 15 is 0 Å². The van der Waals surface area contributed by atoms with E-state index in [0.717, 1.165) is 31.5 Å². The van der Waals surface area contributed by atoms with Crippen LogP contribution in [0.25, 0.3) is 0 Å². The summed E-state index contributed by atoms with van der Waals surface area (Å²) in [4.78, 5) is 14.3. The van der Waals surface area contributed by atoms with Gasteiger partial charge in [-0.2, -0.15) is 11.3 Å². The van der Waals surface area contributed by atoms with Crippen molar-refractivity contribution in [3.63, 3.8) is 0 Å². The minimum atomic E-state index is 0.288. The lowest BCUT2D eigenvalue weighted by Crippen LogP contribution is -2.32. The number of likely N-dealkylation sites (tertiary alicyclic amines) is 1. The van der Waals surface area contributed by atoms with E-state index in [1.807, 2.05) is 11.4 Å². The Morgan fingerprint density at radius 3 is 3.00 bits per heavy atom. The maximum atomic E-state index is 12.2. The van der Waals surface area contributed by atoms with Crippen molar-refractivity contribution in [2.75, 3.05) is 13.1 Å². The lowest BCUT2D eigenvalue weighted by atomic mass is 9.79. The lowest BCUT2D eigenvalue weighted by molar-refractivity contribution is -0.129. The highest BCUT2D eigenvalue weighted by Gasteiger charge is 2.38. The second-order valence-electron chi connectivity index (χ2n) is 5.70. The molecule has 2 aliphatic rings. The Morgan fingerprint density at radius 2 is 2.22 bits per heavy atom. The van der Waals surface area contributed by atoms with Crippen LogP contribution in [-0.2, 0) is 11.2 Å². The molecule has 3 nitrogen and oxygen atoms in total. The minimum Gasteiger partial charge on any atom is -0.342 e. The van der Waals surface area contributed by atoms with Crippen molar-refractivity contribution in [3.05, 3.63) is 22.4 Å². The lowest BCUT2D eigenvalue weighted by Gasteiger charge is -2.27. The molecule has 2 heterocycles. The number of hydrogen-bond acceptors (Lipinski definition) is 3. The molecule has 1 aliphatic carbocycles. The maximum Gasteiger partial charge on any atom is 0.227 e. The minimum absolute atomic E-state index is 0.288. The Labute approximate surface area is 112 Å². The number of amides is 1. The van der Waals surface area contributed by atoms with E-state index in [4.69, 9.17) is 5.73 Å². The molecule has 1 saturated carbocycles. The van der Waals surface area contributed by atoms with Gasteiger partial charge in [0.05, 0.1) is 6.42 Å². The van der Waals surface area contributed by atoms with Gasteiger partial charge in [0.2, 0.25) is 5.91 Å². The number of carbonyl (C=O) groups excluding carboxylic acids is 1. The van der Waals surface area contributed by atoms with Gasteiger partial charge in [0.25, 0.3) is 0 Å². The molecule has 1 aromatic rings. The van der Waals surface area contributed by atoms with Crippen molar-refractivity contribution in [2.24, 2.45) is 17.6 Å². The van der Waals surface area contributed by atoms with Crippen LogP contribution in [0.2, 0.25) is 0 Å². The van der Waals surface area contributed by atoms with Crippen molar-refractivity contribution < 1.29 is 4.79 Å². The summed E-state index contributed by atoms with van der Waals surface area (Å²) < 4.78 is 0. The fraction of sp³-hybridized carbons (Fsp3) is 0.643. The number of carbonyl (C=O) groups is 1. The molecule has 98 valence electrons. The molecule has 3 atom stereocenters. The predicted octanol–water partition coefficient (Wildman–Crippen LogP) is 1.88. The molecule has 18 heavy (non-hydrogen) atoms. The van der Waals surface area contributed by atoms with Crippen molar-refractivity contribution in [1.29, 1.82) is 0 Å². The molecular formula is C14H20N2OS. The van der Waals surface area contributed by atoms with E-state index in [1.54, 1.807) is 11.3 Å². The Morgan fingerprint density at radius 1 is 1.39 bits per heavy atom. The van der Waals surface area contributed by atoms with Gasteiger partial charge in [-0.05, 0) is 53.5 Å². The predicted molar refractivity (Wildman–Crippen MR) is 73.4 cm³/mol. The van der Waals surface area contributed by atoms with Crippen LogP contribution in [0, 0.1) is 11.8 Å². The second-order valence-corrected chi connectivity index (χ2v) is 6.48. The van der Waals surface area contributed by atoms with Crippen molar-refractivity contribution >= 4 is 17.2 Å². The number of fused-ring (bicyclic) bond motifs is 1. The van der Waals surface area contributed by atoms with E-state index in [1.165, 1.54) is 6.42 Å². The number of nitrogens with two attached hydrogens (primary N) is 1. The third kappa shape index (κ3) is 2.45. The van der Waals surface area contributed by atoms with Gasteiger partial charge in [-0.25, -0.2) is 0 Å². The molecule has 1 aromatic heterocycles. The number of rotatable bonds is 2. The molecule has 2 N–H and O–H groups in total. The number of nitrogens with zero attached hydrogens (tertiary/aromatic N) is 1. The molecule has 4 heteroatoms. The van der Waals surface area contributed by atoms with Crippen LogP contribution < -0.4 is 5.73 Å². The van der Waals surface area contributed by atoms with Gasteiger partial charge in [0.1, 0.15) is 0 Å². The third-order valence-electron chi connectivity index (χ3n) is 4.38. The van der Waals surface area contributed by atoms with Crippen LogP contribution in [-0.4, -0.2) is 29.9 Å². The average molecular weight is 264 g/mol. The molecule has 2 fully saturated rings. The SMILES string of the molecule is NC1CC[C@@H]2CN(C(=O)Cc3ccsc3)C[C@@H]2C1.